The Morgan fingerprint density at radius 2 is 2.30 bits per heavy atom. The molecule has 0 spiro atoms. The maximum Gasteiger partial charge on any atom is 0.272 e. The monoisotopic (exact) mass is 277 g/mol. The first-order chi connectivity index (χ1) is 9.63. The molecule has 1 aromatic heterocycles. The third-order valence-corrected chi connectivity index (χ3v) is 3.41. The SMILES string of the molecule is O=C1CCC(NC(=O)c2cn3c(n2)NCCC3)C(=O)N1. The highest BCUT2D eigenvalue weighted by Crippen LogP contribution is 2.14. The summed E-state index contributed by atoms with van der Waals surface area (Å²) in [5, 5.41) is 7.92. The van der Waals surface area contributed by atoms with E-state index in [4.69, 9.17) is 0 Å². The van der Waals surface area contributed by atoms with Crippen molar-refractivity contribution in [2.24, 2.45) is 0 Å². The molecule has 2 aliphatic rings. The fourth-order valence-corrected chi connectivity index (χ4v) is 2.35. The molecule has 1 atom stereocenters. The van der Waals surface area contributed by atoms with Crippen LogP contribution >= 0.6 is 0 Å². The molecule has 1 saturated heterocycles. The summed E-state index contributed by atoms with van der Waals surface area (Å²) in [5.74, 6) is -0.494. The number of rotatable bonds is 2. The van der Waals surface area contributed by atoms with Crippen LogP contribution in [0.5, 0.6) is 0 Å². The second-order valence-electron chi connectivity index (χ2n) is 4.90. The molecule has 0 aliphatic carbocycles. The number of nitrogens with zero attached hydrogens (tertiary/aromatic N) is 2. The Kier molecular flexibility index (Phi) is 3.13. The molecule has 0 radical (unpaired) electrons. The van der Waals surface area contributed by atoms with Gasteiger partial charge in [0.1, 0.15) is 11.7 Å². The Morgan fingerprint density at radius 1 is 1.45 bits per heavy atom. The molecule has 3 N–H and O–H groups in total. The van der Waals surface area contributed by atoms with Crippen molar-refractivity contribution in [1.29, 1.82) is 0 Å². The summed E-state index contributed by atoms with van der Waals surface area (Å²) in [6.45, 7) is 1.66. The van der Waals surface area contributed by atoms with Gasteiger partial charge in [0.25, 0.3) is 5.91 Å². The number of amides is 3. The van der Waals surface area contributed by atoms with Crippen molar-refractivity contribution in [3.63, 3.8) is 0 Å². The maximum atomic E-state index is 12.1. The van der Waals surface area contributed by atoms with E-state index in [1.165, 1.54) is 0 Å². The lowest BCUT2D eigenvalue weighted by atomic mass is 10.1. The first-order valence-corrected chi connectivity index (χ1v) is 6.59. The lowest BCUT2D eigenvalue weighted by Gasteiger charge is -2.21. The number of imidazole rings is 1. The molecular formula is C12H15N5O3. The summed E-state index contributed by atoms with van der Waals surface area (Å²) >= 11 is 0. The van der Waals surface area contributed by atoms with Gasteiger partial charge >= 0.3 is 0 Å². The van der Waals surface area contributed by atoms with Crippen LogP contribution in [0.3, 0.4) is 0 Å². The fourth-order valence-electron chi connectivity index (χ4n) is 2.35. The quantitative estimate of drug-likeness (QED) is 0.616. The highest BCUT2D eigenvalue weighted by molar-refractivity contribution is 6.03. The van der Waals surface area contributed by atoms with E-state index in [2.05, 4.69) is 20.9 Å². The Morgan fingerprint density at radius 3 is 3.05 bits per heavy atom. The number of anilines is 1. The van der Waals surface area contributed by atoms with Gasteiger partial charge in [-0.3, -0.25) is 19.7 Å². The van der Waals surface area contributed by atoms with E-state index in [0.717, 1.165) is 19.5 Å². The van der Waals surface area contributed by atoms with Crippen LogP contribution in [0.15, 0.2) is 6.20 Å². The minimum absolute atomic E-state index is 0.234. The molecule has 1 fully saturated rings. The van der Waals surface area contributed by atoms with Gasteiger partial charge in [-0.15, -0.1) is 0 Å². The van der Waals surface area contributed by atoms with E-state index in [9.17, 15) is 14.4 Å². The molecule has 3 amide bonds. The van der Waals surface area contributed by atoms with Crippen molar-refractivity contribution >= 4 is 23.7 Å². The molecule has 0 bridgehead atoms. The number of aromatic nitrogens is 2. The van der Waals surface area contributed by atoms with Crippen LogP contribution in [0.25, 0.3) is 0 Å². The van der Waals surface area contributed by atoms with Crippen molar-refractivity contribution in [3.05, 3.63) is 11.9 Å². The summed E-state index contributed by atoms with van der Waals surface area (Å²) < 4.78 is 1.88. The number of aryl methyl sites for hydroxylation is 1. The smallest absolute Gasteiger partial charge is 0.272 e. The number of carbonyl (C=O) groups is 3. The average Bonchev–Trinajstić information content (AvgIpc) is 2.86. The normalized spacial score (nSPS) is 21.7. The van der Waals surface area contributed by atoms with Gasteiger partial charge in [0.05, 0.1) is 0 Å². The van der Waals surface area contributed by atoms with E-state index in [1.54, 1.807) is 6.20 Å². The molecule has 106 valence electrons. The second-order valence-corrected chi connectivity index (χ2v) is 4.90. The van der Waals surface area contributed by atoms with Crippen LogP contribution in [0.1, 0.15) is 29.8 Å². The van der Waals surface area contributed by atoms with Gasteiger partial charge < -0.3 is 15.2 Å². The highest BCUT2D eigenvalue weighted by atomic mass is 16.2. The van der Waals surface area contributed by atoms with Gasteiger partial charge in [0.15, 0.2) is 0 Å². The zero-order chi connectivity index (χ0) is 14.1. The summed E-state index contributed by atoms with van der Waals surface area (Å²) in [6.07, 6.45) is 3.21. The molecule has 20 heavy (non-hydrogen) atoms. The zero-order valence-electron chi connectivity index (χ0n) is 10.8. The zero-order valence-corrected chi connectivity index (χ0v) is 10.8. The van der Waals surface area contributed by atoms with Crippen molar-refractivity contribution < 1.29 is 14.4 Å². The van der Waals surface area contributed by atoms with E-state index in [0.29, 0.717) is 12.4 Å². The molecule has 3 rings (SSSR count). The summed E-state index contributed by atoms with van der Waals surface area (Å²) in [7, 11) is 0. The van der Waals surface area contributed by atoms with Gasteiger partial charge in [-0.1, -0.05) is 0 Å². The van der Waals surface area contributed by atoms with Crippen LogP contribution in [0, 0.1) is 0 Å². The summed E-state index contributed by atoms with van der Waals surface area (Å²) in [6, 6.07) is -0.674. The number of fused-ring (bicyclic) bond motifs is 1. The molecule has 0 aromatic carbocycles. The average molecular weight is 277 g/mol. The third-order valence-electron chi connectivity index (χ3n) is 3.41. The Balaban J connectivity index is 1.68. The molecule has 1 unspecified atom stereocenters. The van der Waals surface area contributed by atoms with Gasteiger partial charge in [0.2, 0.25) is 17.8 Å². The van der Waals surface area contributed by atoms with Crippen molar-refractivity contribution in [2.75, 3.05) is 11.9 Å². The Bertz CT molecular complexity index is 556. The first-order valence-electron chi connectivity index (χ1n) is 6.59. The molecule has 8 heteroatoms. The second kappa shape index (κ2) is 4.95. The van der Waals surface area contributed by atoms with Crippen LogP contribution in [-0.2, 0) is 16.1 Å². The number of hydrogen-bond donors (Lipinski definition) is 3. The highest BCUT2D eigenvalue weighted by Gasteiger charge is 2.29. The summed E-state index contributed by atoms with van der Waals surface area (Å²) in [5.41, 5.74) is 0.277. The third kappa shape index (κ3) is 2.36. The lowest BCUT2D eigenvalue weighted by Crippen LogP contribution is -2.52. The minimum atomic E-state index is -0.674. The lowest BCUT2D eigenvalue weighted by molar-refractivity contribution is -0.134. The van der Waals surface area contributed by atoms with E-state index >= 15 is 0 Å². The number of carbonyl (C=O) groups excluding carboxylic acids is 3. The molecular weight excluding hydrogens is 262 g/mol. The Hall–Kier alpha value is -2.38. The Labute approximate surface area is 114 Å². The molecule has 3 heterocycles. The number of piperidine rings is 1. The maximum absolute atomic E-state index is 12.1. The van der Waals surface area contributed by atoms with Crippen molar-refractivity contribution in [1.82, 2.24) is 20.2 Å². The molecule has 2 aliphatic heterocycles. The van der Waals surface area contributed by atoms with Crippen LogP contribution in [-0.4, -0.2) is 39.9 Å². The van der Waals surface area contributed by atoms with Crippen molar-refractivity contribution in [3.8, 4) is 0 Å². The molecule has 1 aromatic rings. The van der Waals surface area contributed by atoms with E-state index in [1.807, 2.05) is 4.57 Å². The largest absolute Gasteiger partial charge is 0.356 e. The van der Waals surface area contributed by atoms with Crippen LogP contribution in [0.2, 0.25) is 0 Å². The topological polar surface area (TPSA) is 105 Å². The predicted molar refractivity (Wildman–Crippen MR) is 69.0 cm³/mol. The van der Waals surface area contributed by atoms with Gasteiger partial charge in [0, 0.05) is 25.7 Å². The fraction of sp³-hybridized carbons (Fsp3) is 0.500. The molecule has 0 saturated carbocycles. The van der Waals surface area contributed by atoms with Crippen LogP contribution in [0.4, 0.5) is 5.95 Å². The number of nitrogens with one attached hydrogen (secondary N) is 3. The van der Waals surface area contributed by atoms with Crippen molar-refractivity contribution in [2.45, 2.75) is 31.8 Å². The van der Waals surface area contributed by atoms with E-state index < -0.39 is 17.9 Å². The van der Waals surface area contributed by atoms with Gasteiger partial charge in [-0.25, -0.2) is 4.98 Å². The predicted octanol–water partition coefficient (Wildman–Crippen LogP) is -0.766. The summed E-state index contributed by atoms with van der Waals surface area (Å²) in [4.78, 5) is 38.9. The molecule has 8 nitrogen and oxygen atoms in total. The standard InChI is InChI=1S/C12H15N5O3/c18-9-3-2-7(10(19)16-9)14-11(20)8-6-17-5-1-4-13-12(17)15-8/h6-7H,1-5H2,(H,13,15)(H,14,20)(H,16,18,19). The van der Waals surface area contributed by atoms with E-state index in [-0.39, 0.29) is 18.0 Å². The number of imide groups is 1. The van der Waals surface area contributed by atoms with Gasteiger partial charge in [-0.05, 0) is 12.8 Å². The van der Waals surface area contributed by atoms with Crippen LogP contribution < -0.4 is 16.0 Å². The first kappa shape index (κ1) is 12.6. The van der Waals surface area contributed by atoms with Gasteiger partial charge in [-0.2, -0.15) is 0 Å². The number of hydrogen-bond acceptors (Lipinski definition) is 5. The minimum Gasteiger partial charge on any atom is -0.356 e.